The third-order valence-corrected chi connectivity index (χ3v) is 7.32. The molecule has 1 unspecified atom stereocenters. The minimum atomic E-state index is -6.35. The van der Waals surface area contributed by atoms with Crippen LogP contribution in [0.1, 0.15) is 38.8 Å². The molecule has 204 valence electrons. The van der Waals surface area contributed by atoms with Gasteiger partial charge in [-0.15, -0.1) is 0 Å². The molecule has 0 heterocycles. The van der Waals surface area contributed by atoms with E-state index in [0.29, 0.717) is 6.07 Å². The molecule has 2 N–H and O–H groups in total. The molecule has 0 saturated heterocycles. The Labute approximate surface area is 221 Å². The van der Waals surface area contributed by atoms with Crippen molar-refractivity contribution in [2.24, 2.45) is 5.73 Å². The molecule has 0 aliphatic heterocycles. The van der Waals surface area contributed by atoms with Gasteiger partial charge in [0.1, 0.15) is 9.84 Å². The lowest BCUT2D eigenvalue weighted by Gasteiger charge is -2.33. The van der Waals surface area contributed by atoms with Crippen molar-refractivity contribution >= 4 is 49.9 Å². The Morgan fingerprint density at radius 1 is 1.03 bits per heavy atom. The third kappa shape index (κ3) is 6.18. The molecule has 0 bridgehead atoms. The Balaban J connectivity index is 2.81. The van der Waals surface area contributed by atoms with Crippen molar-refractivity contribution in [1.82, 2.24) is 0 Å². The number of carbonyl (C=O) groups excluding carboxylic acids is 2. The van der Waals surface area contributed by atoms with Crippen molar-refractivity contribution in [1.29, 1.82) is 0 Å². The fourth-order valence-corrected chi connectivity index (χ4v) is 5.51. The molecule has 0 spiro atoms. The number of hydrogen-bond donors (Lipinski definition) is 1. The van der Waals surface area contributed by atoms with Crippen molar-refractivity contribution < 1.29 is 48.7 Å². The summed E-state index contributed by atoms with van der Waals surface area (Å²) in [6, 6.07) is 4.02. The highest BCUT2D eigenvalue weighted by Crippen LogP contribution is 2.53. The number of aryl methyl sites for hydroxylation is 1. The molecule has 0 aliphatic rings. The van der Waals surface area contributed by atoms with E-state index in [1.165, 1.54) is 25.1 Å². The molecule has 2 aromatic rings. The van der Waals surface area contributed by atoms with Crippen LogP contribution in [0.5, 0.6) is 0 Å². The van der Waals surface area contributed by atoms with Crippen molar-refractivity contribution in [2.45, 2.75) is 37.9 Å². The Morgan fingerprint density at radius 2 is 1.57 bits per heavy atom. The Hall–Kier alpha value is -2.43. The highest BCUT2D eigenvalue weighted by molar-refractivity contribution is 14.1. The highest BCUT2D eigenvalue weighted by atomic mass is 127. The predicted octanol–water partition coefficient (Wildman–Crippen LogP) is 5.07. The summed E-state index contributed by atoms with van der Waals surface area (Å²) in [6.07, 6.45) is -11.9. The number of halogens is 8. The zero-order valence-electron chi connectivity index (χ0n) is 19.3. The van der Waals surface area contributed by atoms with Crippen molar-refractivity contribution in [3.63, 3.8) is 0 Å². The van der Waals surface area contributed by atoms with Gasteiger partial charge >= 0.3 is 18.0 Å². The molecule has 2 aromatic carbocycles. The molecule has 6 nitrogen and oxygen atoms in total. The number of hydrogen-bond acceptors (Lipinski definition) is 4. The number of amides is 2. The smallest absolute Gasteiger partial charge is 0.366 e. The van der Waals surface area contributed by atoms with Gasteiger partial charge in [0.25, 0.3) is 5.91 Å². The molecule has 0 radical (unpaired) electrons. The first-order valence-electron chi connectivity index (χ1n) is 10.2. The van der Waals surface area contributed by atoms with Crippen LogP contribution in [0.25, 0.3) is 0 Å². The molecule has 0 aromatic heterocycles. The maximum Gasteiger partial charge on any atom is 0.435 e. The summed E-state index contributed by atoms with van der Waals surface area (Å²) in [4.78, 5) is 26.4. The van der Waals surface area contributed by atoms with Gasteiger partial charge in [-0.25, -0.2) is 12.8 Å². The topological polar surface area (TPSA) is 97.5 Å². The molecule has 0 fully saturated rings. The number of rotatable bonds is 7. The normalized spacial score (nSPS) is 13.8. The summed E-state index contributed by atoms with van der Waals surface area (Å²) in [5, 5.41) is 0. The molecular formula is C22H20F7IN2O4S. The summed E-state index contributed by atoms with van der Waals surface area (Å²) in [5.74, 6) is -2.67. The minimum absolute atomic E-state index is 0.210. The number of alkyl halides is 7. The first-order valence-corrected chi connectivity index (χ1v) is 13.3. The average molecular weight is 668 g/mol. The van der Waals surface area contributed by atoms with Crippen LogP contribution in [0.3, 0.4) is 0 Å². The van der Waals surface area contributed by atoms with E-state index in [-0.39, 0.29) is 32.5 Å². The second kappa shape index (κ2) is 10.4. The molecule has 15 heteroatoms. The van der Waals surface area contributed by atoms with Crippen molar-refractivity contribution in [3.8, 4) is 0 Å². The van der Waals surface area contributed by atoms with Gasteiger partial charge in [0.05, 0.1) is 16.9 Å². The minimum Gasteiger partial charge on any atom is -0.366 e. The number of nitrogens with two attached hydrogens (primary N) is 1. The second-order valence-electron chi connectivity index (χ2n) is 8.30. The van der Waals surface area contributed by atoms with E-state index in [4.69, 9.17) is 5.73 Å². The van der Waals surface area contributed by atoms with Gasteiger partial charge in [0.15, 0.2) is 0 Å². The maximum atomic E-state index is 14.6. The van der Waals surface area contributed by atoms with Gasteiger partial charge in [-0.1, -0.05) is 18.2 Å². The summed E-state index contributed by atoms with van der Waals surface area (Å²) in [7, 11) is -3.76. The molecular weight excluding hydrogens is 648 g/mol. The molecule has 2 amide bonds. The average Bonchev–Trinajstić information content (AvgIpc) is 2.71. The third-order valence-electron chi connectivity index (χ3n) is 5.33. The van der Waals surface area contributed by atoms with E-state index >= 15 is 0 Å². The van der Waals surface area contributed by atoms with Crippen LogP contribution in [0.2, 0.25) is 0 Å². The van der Waals surface area contributed by atoms with E-state index in [9.17, 15) is 48.7 Å². The summed E-state index contributed by atoms with van der Waals surface area (Å²) >= 11 is 1.71. The van der Waals surface area contributed by atoms with Crippen LogP contribution in [0.15, 0.2) is 36.4 Å². The molecule has 1 atom stereocenters. The van der Waals surface area contributed by atoms with E-state index in [1.54, 1.807) is 22.6 Å². The maximum absolute atomic E-state index is 14.6. The largest absolute Gasteiger partial charge is 0.435 e. The van der Waals surface area contributed by atoms with Crippen LogP contribution in [-0.2, 0) is 15.5 Å². The van der Waals surface area contributed by atoms with E-state index < -0.39 is 62.6 Å². The van der Waals surface area contributed by atoms with Crippen LogP contribution < -0.4 is 10.6 Å². The number of anilines is 1. The van der Waals surface area contributed by atoms with Crippen LogP contribution in [0, 0.1) is 10.5 Å². The summed E-state index contributed by atoms with van der Waals surface area (Å²) < 4.78 is 118. The zero-order chi connectivity index (χ0) is 28.7. The zero-order valence-corrected chi connectivity index (χ0v) is 22.3. The number of nitrogens with zero attached hydrogens (tertiary/aromatic N) is 1. The lowest BCUT2D eigenvalue weighted by Crippen LogP contribution is -2.50. The number of sulfone groups is 1. The molecule has 37 heavy (non-hydrogen) atoms. The second-order valence-corrected chi connectivity index (χ2v) is 11.6. The Kier molecular flexibility index (Phi) is 8.64. The van der Waals surface area contributed by atoms with Gasteiger partial charge < -0.3 is 10.6 Å². The van der Waals surface area contributed by atoms with Crippen LogP contribution in [-0.4, -0.2) is 50.6 Å². The number of primary amides is 1. The van der Waals surface area contributed by atoms with E-state index in [0.717, 1.165) is 18.1 Å². The number of benzene rings is 2. The molecule has 0 saturated carbocycles. The van der Waals surface area contributed by atoms with E-state index in [2.05, 4.69) is 0 Å². The van der Waals surface area contributed by atoms with Crippen LogP contribution in [0.4, 0.5) is 36.4 Å². The van der Waals surface area contributed by atoms with E-state index in [1.807, 2.05) is 0 Å². The fraction of sp³-hybridized carbons (Fsp3) is 0.364. The van der Waals surface area contributed by atoms with Gasteiger partial charge in [0, 0.05) is 27.1 Å². The standard InChI is InChI=1S/C22H20F7IN2O4S/c1-11-9-13(20(23,21(24,25)26)22(27,28)29)7-8-16(11)32(12(2)10-37(3,35)36)19(34)17-14(18(31)33)5-4-6-15(17)30/h4-9,12H,10H2,1-3H3,(H2,31,33). The lowest BCUT2D eigenvalue weighted by atomic mass is 9.92. The van der Waals surface area contributed by atoms with Crippen molar-refractivity contribution in [2.75, 3.05) is 16.9 Å². The number of carbonyl (C=O) groups is 2. The van der Waals surface area contributed by atoms with Gasteiger partial charge in [-0.2, -0.15) is 26.3 Å². The first kappa shape index (κ1) is 30.8. The van der Waals surface area contributed by atoms with Gasteiger partial charge in [-0.3, -0.25) is 9.59 Å². The SMILES string of the molecule is Cc1cc(C(F)(C(F)(F)F)C(F)(F)F)ccc1N(C(=O)c1c(I)cccc1C(N)=O)C(C)CS(C)(=O)=O. The predicted molar refractivity (Wildman–Crippen MR) is 130 cm³/mol. The lowest BCUT2D eigenvalue weighted by molar-refractivity contribution is -0.348. The highest BCUT2D eigenvalue weighted by Gasteiger charge is 2.73. The van der Waals surface area contributed by atoms with Gasteiger partial charge in [-0.05, 0) is 60.2 Å². The van der Waals surface area contributed by atoms with Crippen LogP contribution >= 0.6 is 22.6 Å². The first-order chi connectivity index (χ1) is 16.6. The van der Waals surface area contributed by atoms with Crippen molar-refractivity contribution in [3.05, 3.63) is 62.2 Å². The Bertz CT molecular complexity index is 1310. The monoisotopic (exact) mass is 668 g/mol. The molecule has 2 rings (SSSR count). The molecule has 0 aliphatic carbocycles. The fourth-order valence-electron chi connectivity index (χ4n) is 3.76. The Morgan fingerprint density at radius 3 is 2.00 bits per heavy atom. The summed E-state index contributed by atoms with van der Waals surface area (Å²) in [5.41, 5.74) is -3.33. The quantitative estimate of drug-likeness (QED) is 0.330. The summed E-state index contributed by atoms with van der Waals surface area (Å²) in [6.45, 7) is 2.31. The van der Waals surface area contributed by atoms with Gasteiger partial charge in [0.2, 0.25) is 5.91 Å².